The fourth-order valence-electron chi connectivity index (χ4n) is 2.78. The molecule has 0 fully saturated rings. The molecule has 0 spiro atoms. The van der Waals surface area contributed by atoms with Gasteiger partial charge in [-0.2, -0.15) is 5.10 Å². The molecule has 1 aromatic heterocycles. The van der Waals surface area contributed by atoms with Crippen molar-refractivity contribution in [3.05, 3.63) is 83.7 Å². The van der Waals surface area contributed by atoms with Gasteiger partial charge in [0.25, 0.3) is 0 Å². The van der Waals surface area contributed by atoms with Crippen molar-refractivity contribution < 1.29 is 5.11 Å². The fourth-order valence-corrected chi connectivity index (χ4v) is 2.78. The first kappa shape index (κ1) is 16.4. The minimum Gasteiger partial charge on any atom is -0.387 e. The van der Waals surface area contributed by atoms with Gasteiger partial charge in [-0.15, -0.1) is 0 Å². The van der Waals surface area contributed by atoms with Crippen molar-refractivity contribution in [2.75, 3.05) is 6.54 Å². The lowest BCUT2D eigenvalue weighted by Gasteiger charge is -2.20. The zero-order valence-electron chi connectivity index (χ0n) is 14.1. The van der Waals surface area contributed by atoms with Crippen molar-refractivity contribution >= 4 is 0 Å². The molecule has 24 heavy (non-hydrogen) atoms. The zero-order valence-corrected chi connectivity index (χ0v) is 14.1. The minimum absolute atomic E-state index is 0.102. The molecule has 0 saturated carbocycles. The molecule has 0 saturated heterocycles. The van der Waals surface area contributed by atoms with Crippen LogP contribution in [0.15, 0.2) is 67.0 Å². The van der Waals surface area contributed by atoms with Crippen molar-refractivity contribution in [2.45, 2.75) is 26.0 Å². The van der Waals surface area contributed by atoms with Crippen molar-refractivity contribution in [1.29, 1.82) is 0 Å². The highest BCUT2D eigenvalue weighted by Gasteiger charge is 2.14. The molecule has 3 aromatic rings. The van der Waals surface area contributed by atoms with Crippen LogP contribution in [0.3, 0.4) is 0 Å². The molecule has 2 atom stereocenters. The lowest BCUT2D eigenvalue weighted by atomic mass is 10.0. The van der Waals surface area contributed by atoms with Gasteiger partial charge in [0.1, 0.15) is 0 Å². The number of hydrogen-bond acceptors (Lipinski definition) is 3. The van der Waals surface area contributed by atoms with Gasteiger partial charge < -0.3 is 10.4 Å². The number of nitrogens with one attached hydrogen (secondary N) is 1. The number of para-hydroxylation sites is 1. The zero-order chi connectivity index (χ0) is 16.9. The Balaban J connectivity index is 1.69. The normalized spacial score (nSPS) is 13.6. The summed E-state index contributed by atoms with van der Waals surface area (Å²) in [6.45, 7) is 4.64. The Morgan fingerprint density at radius 3 is 2.54 bits per heavy atom. The second-order valence-corrected chi connectivity index (χ2v) is 6.07. The number of aryl methyl sites for hydroxylation is 1. The van der Waals surface area contributed by atoms with E-state index in [2.05, 4.69) is 29.5 Å². The second-order valence-electron chi connectivity index (χ2n) is 6.07. The summed E-state index contributed by atoms with van der Waals surface area (Å²) in [5.41, 5.74) is 4.32. The summed E-state index contributed by atoms with van der Waals surface area (Å²) in [6, 6.07) is 18.2. The maximum Gasteiger partial charge on any atom is 0.0914 e. The van der Waals surface area contributed by atoms with Gasteiger partial charge in [-0.25, -0.2) is 4.68 Å². The third-order valence-corrected chi connectivity index (χ3v) is 4.23. The van der Waals surface area contributed by atoms with E-state index in [9.17, 15) is 5.11 Å². The molecule has 3 rings (SSSR count). The molecular weight excluding hydrogens is 298 g/mol. The summed E-state index contributed by atoms with van der Waals surface area (Å²) in [5.74, 6) is 0. The Hall–Kier alpha value is -2.43. The average Bonchev–Trinajstić information content (AvgIpc) is 3.14. The Morgan fingerprint density at radius 2 is 1.83 bits per heavy atom. The lowest BCUT2D eigenvalue weighted by molar-refractivity contribution is 0.171. The molecule has 2 unspecified atom stereocenters. The molecule has 124 valence electrons. The van der Waals surface area contributed by atoms with Gasteiger partial charge >= 0.3 is 0 Å². The van der Waals surface area contributed by atoms with Crippen LogP contribution in [0.4, 0.5) is 0 Å². The van der Waals surface area contributed by atoms with Gasteiger partial charge in [0.05, 0.1) is 11.8 Å². The highest BCUT2D eigenvalue weighted by Crippen LogP contribution is 2.22. The van der Waals surface area contributed by atoms with Crippen LogP contribution in [0, 0.1) is 6.92 Å². The summed E-state index contributed by atoms with van der Waals surface area (Å²) in [7, 11) is 0. The van der Waals surface area contributed by atoms with Gasteiger partial charge in [0, 0.05) is 25.0 Å². The Bertz CT molecular complexity index is 766. The van der Waals surface area contributed by atoms with Crippen LogP contribution in [0.1, 0.15) is 35.8 Å². The van der Waals surface area contributed by atoms with Crippen LogP contribution in [0.5, 0.6) is 0 Å². The van der Waals surface area contributed by atoms with Crippen molar-refractivity contribution in [2.24, 2.45) is 0 Å². The molecule has 4 nitrogen and oxygen atoms in total. The van der Waals surface area contributed by atoms with Crippen LogP contribution in [-0.4, -0.2) is 21.4 Å². The number of aromatic nitrogens is 2. The molecule has 0 bridgehead atoms. The highest BCUT2D eigenvalue weighted by atomic mass is 16.3. The number of nitrogens with zero attached hydrogens (tertiary/aromatic N) is 2. The third kappa shape index (κ3) is 3.72. The monoisotopic (exact) mass is 321 g/mol. The summed E-state index contributed by atoms with van der Waals surface area (Å²) >= 11 is 0. The molecule has 0 aliphatic heterocycles. The average molecular weight is 321 g/mol. The Kier molecular flexibility index (Phi) is 5.08. The van der Waals surface area contributed by atoms with E-state index in [0.717, 1.165) is 16.8 Å². The van der Waals surface area contributed by atoms with Crippen molar-refractivity contribution in [1.82, 2.24) is 15.1 Å². The molecule has 2 aromatic carbocycles. The smallest absolute Gasteiger partial charge is 0.0914 e. The largest absolute Gasteiger partial charge is 0.387 e. The molecule has 1 heterocycles. The first-order valence-electron chi connectivity index (χ1n) is 8.22. The summed E-state index contributed by atoms with van der Waals surface area (Å²) in [4.78, 5) is 0. The first-order chi connectivity index (χ1) is 11.6. The van der Waals surface area contributed by atoms with Gasteiger partial charge in [-0.3, -0.25) is 0 Å². The summed E-state index contributed by atoms with van der Waals surface area (Å²) in [5, 5.41) is 18.1. The maximum absolute atomic E-state index is 10.4. The number of rotatable bonds is 6. The predicted octanol–water partition coefficient (Wildman–Crippen LogP) is 3.56. The topological polar surface area (TPSA) is 50.1 Å². The van der Waals surface area contributed by atoms with Crippen LogP contribution in [0.2, 0.25) is 0 Å². The van der Waals surface area contributed by atoms with E-state index in [1.165, 1.54) is 5.56 Å². The van der Waals surface area contributed by atoms with Gasteiger partial charge in [-0.1, -0.05) is 48.0 Å². The third-order valence-electron chi connectivity index (χ3n) is 4.23. The minimum atomic E-state index is -0.523. The molecule has 2 N–H and O–H groups in total. The van der Waals surface area contributed by atoms with E-state index >= 15 is 0 Å². The summed E-state index contributed by atoms with van der Waals surface area (Å²) < 4.78 is 1.86. The Morgan fingerprint density at radius 1 is 1.08 bits per heavy atom. The van der Waals surface area contributed by atoms with Gasteiger partial charge in [0.15, 0.2) is 0 Å². The second kappa shape index (κ2) is 7.43. The quantitative estimate of drug-likeness (QED) is 0.730. The molecule has 0 amide bonds. The van der Waals surface area contributed by atoms with Crippen LogP contribution in [-0.2, 0) is 0 Å². The van der Waals surface area contributed by atoms with E-state index in [1.807, 2.05) is 60.3 Å². The Labute approximate surface area is 142 Å². The molecule has 0 aliphatic rings. The predicted molar refractivity (Wildman–Crippen MR) is 96.1 cm³/mol. The van der Waals surface area contributed by atoms with Gasteiger partial charge in [0.2, 0.25) is 0 Å². The maximum atomic E-state index is 10.4. The van der Waals surface area contributed by atoms with E-state index < -0.39 is 6.10 Å². The van der Waals surface area contributed by atoms with Crippen molar-refractivity contribution in [3.63, 3.8) is 0 Å². The van der Waals surface area contributed by atoms with Crippen LogP contribution >= 0.6 is 0 Å². The first-order valence-corrected chi connectivity index (χ1v) is 8.22. The fraction of sp³-hybridized carbons (Fsp3) is 0.250. The van der Waals surface area contributed by atoms with E-state index in [1.54, 1.807) is 6.20 Å². The molecule has 0 radical (unpaired) electrons. The van der Waals surface area contributed by atoms with Crippen LogP contribution < -0.4 is 5.32 Å². The standard InChI is InChI=1S/C20H23N3O/c1-15-8-10-17(11-9-15)20(24)14-21-16(2)18-6-3-4-7-19(18)23-13-5-12-22-23/h3-13,16,20-21,24H,14H2,1-2H3. The molecule has 0 aliphatic carbocycles. The van der Waals surface area contributed by atoms with Crippen LogP contribution in [0.25, 0.3) is 5.69 Å². The molecular formula is C20H23N3O. The number of aliphatic hydroxyl groups excluding tert-OH is 1. The number of aliphatic hydroxyl groups is 1. The van der Waals surface area contributed by atoms with Gasteiger partial charge in [-0.05, 0) is 37.1 Å². The SMILES string of the molecule is Cc1ccc(C(O)CNC(C)c2ccccc2-n2cccn2)cc1. The van der Waals surface area contributed by atoms with Crippen molar-refractivity contribution in [3.8, 4) is 5.69 Å². The van der Waals surface area contributed by atoms with E-state index in [0.29, 0.717) is 6.54 Å². The van der Waals surface area contributed by atoms with E-state index in [4.69, 9.17) is 0 Å². The number of hydrogen-bond donors (Lipinski definition) is 2. The van der Waals surface area contributed by atoms with E-state index in [-0.39, 0.29) is 6.04 Å². The number of benzene rings is 2. The molecule has 4 heteroatoms. The lowest BCUT2D eigenvalue weighted by Crippen LogP contribution is -2.25. The highest BCUT2D eigenvalue weighted by molar-refractivity contribution is 5.42. The summed E-state index contributed by atoms with van der Waals surface area (Å²) in [6.07, 6.45) is 3.19.